The molecule has 0 amide bonds. The van der Waals surface area contributed by atoms with Crippen LogP contribution in [0, 0.1) is 5.82 Å². The van der Waals surface area contributed by atoms with E-state index in [2.05, 4.69) is 4.98 Å². The lowest BCUT2D eigenvalue weighted by atomic mass is 10.1. The molecule has 0 unspecified atom stereocenters. The molecule has 78 valence electrons. The van der Waals surface area contributed by atoms with Crippen molar-refractivity contribution in [3.8, 4) is 0 Å². The van der Waals surface area contributed by atoms with Gasteiger partial charge in [-0.3, -0.25) is 4.79 Å². The van der Waals surface area contributed by atoms with Gasteiger partial charge in [-0.25, -0.2) is 4.39 Å². The van der Waals surface area contributed by atoms with E-state index in [1.165, 1.54) is 12.1 Å². The Bertz CT molecular complexity index is 535. The Balaban J connectivity index is 2.59. The van der Waals surface area contributed by atoms with Crippen molar-refractivity contribution in [2.75, 3.05) is 0 Å². The summed E-state index contributed by atoms with van der Waals surface area (Å²) in [6, 6.07) is 2.68. The minimum Gasteiger partial charge on any atom is -0.481 e. The maximum Gasteiger partial charge on any atom is 0.307 e. The monoisotopic (exact) mass is 227 g/mol. The van der Waals surface area contributed by atoms with E-state index < -0.39 is 11.8 Å². The van der Waals surface area contributed by atoms with Gasteiger partial charge < -0.3 is 10.1 Å². The quantitative estimate of drug-likeness (QED) is 0.829. The van der Waals surface area contributed by atoms with Crippen molar-refractivity contribution in [3.63, 3.8) is 0 Å². The van der Waals surface area contributed by atoms with Crippen molar-refractivity contribution in [1.29, 1.82) is 0 Å². The van der Waals surface area contributed by atoms with Crippen LogP contribution in [0.25, 0.3) is 10.9 Å². The van der Waals surface area contributed by atoms with Crippen LogP contribution in [-0.2, 0) is 11.2 Å². The van der Waals surface area contributed by atoms with Gasteiger partial charge in [-0.15, -0.1) is 0 Å². The molecule has 1 aromatic carbocycles. The third-order valence-corrected chi connectivity index (χ3v) is 2.44. The summed E-state index contributed by atoms with van der Waals surface area (Å²) >= 11 is 5.62. The number of rotatable bonds is 2. The van der Waals surface area contributed by atoms with Crippen LogP contribution in [0.3, 0.4) is 0 Å². The summed E-state index contributed by atoms with van der Waals surface area (Å²) < 4.78 is 13.1. The molecular weight excluding hydrogens is 221 g/mol. The van der Waals surface area contributed by atoms with Crippen LogP contribution in [0.5, 0.6) is 0 Å². The first-order valence-electron chi connectivity index (χ1n) is 4.24. The summed E-state index contributed by atoms with van der Waals surface area (Å²) in [4.78, 5) is 13.3. The second kappa shape index (κ2) is 3.55. The number of carboxylic acid groups (broad SMARTS) is 1. The fourth-order valence-corrected chi connectivity index (χ4v) is 1.65. The van der Waals surface area contributed by atoms with Crippen molar-refractivity contribution >= 4 is 28.5 Å². The number of halogens is 2. The number of fused-ring (bicyclic) bond motifs is 1. The third kappa shape index (κ3) is 1.80. The molecule has 0 fully saturated rings. The first-order valence-corrected chi connectivity index (χ1v) is 4.62. The maximum atomic E-state index is 13.1. The molecule has 5 heteroatoms. The molecule has 0 radical (unpaired) electrons. The van der Waals surface area contributed by atoms with Gasteiger partial charge in [-0.1, -0.05) is 11.6 Å². The summed E-state index contributed by atoms with van der Waals surface area (Å²) in [6.45, 7) is 0. The highest BCUT2D eigenvalue weighted by molar-refractivity contribution is 6.31. The largest absolute Gasteiger partial charge is 0.481 e. The molecule has 0 saturated heterocycles. The topological polar surface area (TPSA) is 53.1 Å². The molecule has 0 spiro atoms. The average Bonchev–Trinajstić information content (AvgIpc) is 2.49. The highest BCUT2D eigenvalue weighted by Gasteiger charge is 2.10. The number of aromatic amines is 1. The van der Waals surface area contributed by atoms with E-state index in [9.17, 15) is 9.18 Å². The van der Waals surface area contributed by atoms with Gasteiger partial charge >= 0.3 is 5.97 Å². The number of carbonyl (C=O) groups is 1. The number of benzene rings is 1. The molecule has 1 heterocycles. The Morgan fingerprint density at radius 3 is 2.93 bits per heavy atom. The minimum absolute atomic E-state index is 0.00580. The van der Waals surface area contributed by atoms with E-state index in [1.807, 2.05) is 0 Å². The van der Waals surface area contributed by atoms with E-state index in [1.54, 1.807) is 6.20 Å². The molecule has 0 atom stereocenters. The summed E-state index contributed by atoms with van der Waals surface area (Å²) in [5.74, 6) is -1.45. The molecule has 0 aliphatic rings. The Morgan fingerprint density at radius 1 is 1.53 bits per heavy atom. The van der Waals surface area contributed by atoms with Crippen LogP contribution >= 0.6 is 11.6 Å². The smallest absolute Gasteiger partial charge is 0.307 e. The predicted octanol–water partition coefficient (Wildman–Crippen LogP) is 2.59. The first-order chi connectivity index (χ1) is 7.08. The zero-order valence-corrected chi connectivity index (χ0v) is 8.31. The molecule has 1 aromatic heterocycles. The van der Waals surface area contributed by atoms with Gasteiger partial charge in [-0.05, 0) is 17.7 Å². The number of hydrogen-bond donors (Lipinski definition) is 2. The molecule has 2 rings (SSSR count). The number of aromatic nitrogens is 1. The van der Waals surface area contributed by atoms with Crippen molar-refractivity contribution in [3.05, 3.63) is 34.7 Å². The highest BCUT2D eigenvalue weighted by atomic mass is 35.5. The summed E-state index contributed by atoms with van der Waals surface area (Å²) in [5.41, 5.74) is 1.15. The molecule has 15 heavy (non-hydrogen) atoms. The molecule has 2 aromatic rings. The summed E-state index contributed by atoms with van der Waals surface area (Å²) in [6.07, 6.45) is 1.44. The number of nitrogens with one attached hydrogen (secondary N) is 1. The van der Waals surface area contributed by atoms with Crippen molar-refractivity contribution in [1.82, 2.24) is 4.98 Å². The lowest BCUT2D eigenvalue weighted by molar-refractivity contribution is -0.136. The molecule has 3 nitrogen and oxygen atoms in total. The number of carboxylic acids is 1. The SMILES string of the molecule is O=C(O)Cc1c[nH]c2cc(F)c(Cl)cc12. The molecule has 0 aliphatic carbocycles. The Labute approximate surface area is 89.5 Å². The predicted molar refractivity (Wildman–Crippen MR) is 54.6 cm³/mol. The van der Waals surface area contributed by atoms with Crippen LogP contribution < -0.4 is 0 Å². The fraction of sp³-hybridized carbons (Fsp3) is 0.100. The van der Waals surface area contributed by atoms with Crippen LogP contribution in [0.1, 0.15) is 5.56 Å². The molecule has 2 N–H and O–H groups in total. The van der Waals surface area contributed by atoms with E-state index in [-0.39, 0.29) is 11.4 Å². The van der Waals surface area contributed by atoms with Gasteiger partial charge in [0.15, 0.2) is 0 Å². The van der Waals surface area contributed by atoms with Gasteiger partial charge in [0.05, 0.1) is 11.4 Å². The van der Waals surface area contributed by atoms with Crippen LogP contribution in [0.2, 0.25) is 5.02 Å². The Morgan fingerprint density at radius 2 is 2.27 bits per heavy atom. The molecule has 0 aliphatic heterocycles. The van der Waals surface area contributed by atoms with Gasteiger partial charge in [0.1, 0.15) is 5.82 Å². The second-order valence-electron chi connectivity index (χ2n) is 3.20. The van der Waals surface area contributed by atoms with E-state index in [0.717, 1.165) is 0 Å². The van der Waals surface area contributed by atoms with Crippen molar-refractivity contribution in [2.24, 2.45) is 0 Å². The van der Waals surface area contributed by atoms with E-state index in [4.69, 9.17) is 16.7 Å². The van der Waals surface area contributed by atoms with Crippen LogP contribution in [0.4, 0.5) is 4.39 Å². The Kier molecular flexibility index (Phi) is 2.36. The average molecular weight is 228 g/mol. The zero-order chi connectivity index (χ0) is 11.0. The van der Waals surface area contributed by atoms with Crippen LogP contribution in [-0.4, -0.2) is 16.1 Å². The molecular formula is C10H7ClFNO2. The Hall–Kier alpha value is -1.55. The van der Waals surface area contributed by atoms with Gasteiger partial charge in [0.25, 0.3) is 0 Å². The number of hydrogen-bond acceptors (Lipinski definition) is 1. The third-order valence-electron chi connectivity index (χ3n) is 2.15. The first kappa shape index (κ1) is 9.98. The standard InChI is InChI=1S/C10H7ClFNO2/c11-7-2-6-5(1-10(14)15)4-13-9(6)3-8(7)12/h2-4,13H,1H2,(H,14,15). The second-order valence-corrected chi connectivity index (χ2v) is 3.60. The van der Waals surface area contributed by atoms with E-state index in [0.29, 0.717) is 16.5 Å². The maximum absolute atomic E-state index is 13.1. The van der Waals surface area contributed by atoms with Gasteiger partial charge in [0, 0.05) is 17.1 Å². The number of aliphatic carboxylic acids is 1. The number of H-pyrrole nitrogens is 1. The van der Waals surface area contributed by atoms with Crippen molar-refractivity contribution < 1.29 is 14.3 Å². The van der Waals surface area contributed by atoms with Gasteiger partial charge in [-0.2, -0.15) is 0 Å². The van der Waals surface area contributed by atoms with Crippen molar-refractivity contribution in [2.45, 2.75) is 6.42 Å². The van der Waals surface area contributed by atoms with Crippen LogP contribution in [0.15, 0.2) is 18.3 Å². The zero-order valence-electron chi connectivity index (χ0n) is 7.55. The minimum atomic E-state index is -0.934. The molecule has 0 bridgehead atoms. The fourth-order valence-electron chi connectivity index (χ4n) is 1.48. The normalized spacial score (nSPS) is 10.8. The summed E-state index contributed by atoms with van der Waals surface area (Å²) in [7, 11) is 0. The van der Waals surface area contributed by atoms with Gasteiger partial charge in [0.2, 0.25) is 0 Å². The highest BCUT2D eigenvalue weighted by Crippen LogP contribution is 2.25. The molecule has 0 saturated carbocycles. The van der Waals surface area contributed by atoms with E-state index >= 15 is 0 Å². The summed E-state index contributed by atoms with van der Waals surface area (Å²) in [5, 5.41) is 9.28. The lowest BCUT2D eigenvalue weighted by Gasteiger charge is -1.97. The lowest BCUT2D eigenvalue weighted by Crippen LogP contribution is -1.98.